The van der Waals surface area contributed by atoms with Crippen molar-refractivity contribution >= 4 is 11.6 Å². The zero-order valence-electron chi connectivity index (χ0n) is 10.00. The monoisotopic (exact) mass is 297 g/mol. The highest BCUT2D eigenvalue weighted by atomic mass is 35.5. The Balaban J connectivity index is 2.20. The summed E-state index contributed by atoms with van der Waals surface area (Å²) in [6.45, 7) is 0. The van der Waals surface area contributed by atoms with Crippen LogP contribution < -0.4 is 0 Å². The highest BCUT2D eigenvalue weighted by Crippen LogP contribution is 2.42. The molecule has 0 atom stereocenters. The van der Waals surface area contributed by atoms with E-state index >= 15 is 0 Å². The van der Waals surface area contributed by atoms with Gasteiger partial charge in [0.05, 0.1) is 5.69 Å². The lowest BCUT2D eigenvalue weighted by Crippen LogP contribution is -2.03. The van der Waals surface area contributed by atoms with Gasteiger partial charge in [-0.1, -0.05) is 11.6 Å². The molecule has 0 amide bonds. The van der Waals surface area contributed by atoms with Gasteiger partial charge in [0.2, 0.25) is 0 Å². The van der Waals surface area contributed by atoms with Crippen LogP contribution in [0.2, 0.25) is 5.15 Å². The number of aromatic nitrogens is 2. The quantitative estimate of drug-likeness (QED) is 0.793. The minimum absolute atomic E-state index is 0.0979. The smallest absolute Gasteiger partial charge is 0.161 e. The van der Waals surface area contributed by atoms with Crippen molar-refractivity contribution in [3.8, 4) is 11.8 Å². The summed E-state index contributed by atoms with van der Waals surface area (Å²) in [5.41, 5.74) is 0.303. The SMILES string of the molecule is N#Cc1c(C2CC2)nn(-c2cc(F)c(F)cc2F)c1Cl. The number of nitriles is 1. The maximum Gasteiger partial charge on any atom is 0.161 e. The van der Waals surface area contributed by atoms with Gasteiger partial charge in [-0.25, -0.2) is 17.9 Å². The Morgan fingerprint density at radius 1 is 1.20 bits per heavy atom. The van der Waals surface area contributed by atoms with Crippen molar-refractivity contribution in [2.24, 2.45) is 0 Å². The number of benzene rings is 1. The van der Waals surface area contributed by atoms with E-state index in [0.29, 0.717) is 17.8 Å². The average Bonchev–Trinajstić information content (AvgIpc) is 3.19. The molecule has 3 rings (SSSR count). The average molecular weight is 298 g/mol. The fraction of sp³-hybridized carbons (Fsp3) is 0.231. The molecule has 1 aromatic carbocycles. The molecule has 0 spiro atoms. The van der Waals surface area contributed by atoms with E-state index in [9.17, 15) is 13.2 Å². The lowest BCUT2D eigenvalue weighted by Gasteiger charge is -2.05. The van der Waals surface area contributed by atoms with Crippen molar-refractivity contribution in [3.63, 3.8) is 0 Å². The Bertz CT molecular complexity index is 744. The topological polar surface area (TPSA) is 41.6 Å². The van der Waals surface area contributed by atoms with E-state index in [-0.39, 0.29) is 22.3 Å². The van der Waals surface area contributed by atoms with Crippen molar-refractivity contribution < 1.29 is 13.2 Å². The summed E-state index contributed by atoms with van der Waals surface area (Å²) in [6, 6.07) is 3.01. The van der Waals surface area contributed by atoms with Crippen LogP contribution in [0.25, 0.3) is 5.69 Å². The van der Waals surface area contributed by atoms with Gasteiger partial charge in [0.25, 0.3) is 0 Å². The predicted molar refractivity (Wildman–Crippen MR) is 65.1 cm³/mol. The molecule has 3 nitrogen and oxygen atoms in total. The van der Waals surface area contributed by atoms with Gasteiger partial charge in [0.1, 0.15) is 17.3 Å². The fourth-order valence-corrected chi connectivity index (χ4v) is 2.26. The molecule has 2 aromatic rings. The molecule has 1 heterocycles. The first kappa shape index (κ1) is 13.0. The Hall–Kier alpha value is -2.00. The molecule has 1 fully saturated rings. The van der Waals surface area contributed by atoms with E-state index in [1.165, 1.54) is 0 Å². The standard InChI is InChI=1S/C13H7ClF3N3/c14-13-7(5-18)12(6-1-2-6)19-20(13)11-4-9(16)8(15)3-10(11)17/h3-4,6H,1-2H2. The molecule has 0 radical (unpaired) electrons. The van der Waals surface area contributed by atoms with E-state index < -0.39 is 17.5 Å². The number of hydrogen-bond donors (Lipinski definition) is 0. The summed E-state index contributed by atoms with van der Waals surface area (Å²) >= 11 is 6.00. The molecule has 0 unspecified atom stereocenters. The van der Waals surface area contributed by atoms with Crippen molar-refractivity contribution in [2.45, 2.75) is 18.8 Å². The fourth-order valence-electron chi connectivity index (χ4n) is 1.99. The molecular formula is C13H7ClF3N3. The molecule has 0 saturated heterocycles. The van der Waals surface area contributed by atoms with Crippen LogP contribution in [0.5, 0.6) is 0 Å². The van der Waals surface area contributed by atoms with Crippen molar-refractivity contribution in [1.29, 1.82) is 5.26 Å². The second-order valence-corrected chi connectivity index (χ2v) is 4.92. The van der Waals surface area contributed by atoms with Crippen molar-refractivity contribution in [2.75, 3.05) is 0 Å². The van der Waals surface area contributed by atoms with Gasteiger partial charge in [-0.3, -0.25) is 0 Å². The highest BCUT2D eigenvalue weighted by Gasteiger charge is 2.32. The molecule has 102 valence electrons. The largest absolute Gasteiger partial charge is 0.217 e. The number of hydrogen-bond acceptors (Lipinski definition) is 2. The zero-order chi connectivity index (χ0) is 14.4. The Kier molecular flexibility index (Phi) is 2.94. The molecule has 0 aliphatic heterocycles. The van der Waals surface area contributed by atoms with E-state index in [1.54, 1.807) is 0 Å². The predicted octanol–water partition coefficient (Wildman–Crippen LogP) is 3.69. The number of halogens is 4. The lowest BCUT2D eigenvalue weighted by atomic mass is 10.2. The summed E-state index contributed by atoms with van der Waals surface area (Å²) in [5.74, 6) is -3.38. The van der Waals surface area contributed by atoms with Crippen LogP contribution in [0.15, 0.2) is 12.1 Å². The maximum atomic E-state index is 13.7. The molecule has 1 aromatic heterocycles. The zero-order valence-corrected chi connectivity index (χ0v) is 10.8. The summed E-state index contributed by atoms with van der Waals surface area (Å²) in [6.07, 6.45) is 1.75. The van der Waals surface area contributed by atoms with E-state index in [2.05, 4.69) is 5.10 Å². The third-order valence-corrected chi connectivity index (χ3v) is 3.50. The van der Waals surface area contributed by atoms with Crippen molar-refractivity contribution in [3.05, 3.63) is 46.0 Å². The molecule has 1 aliphatic carbocycles. The molecular weight excluding hydrogens is 291 g/mol. The van der Waals surface area contributed by atoms with Gasteiger partial charge in [0, 0.05) is 18.1 Å². The molecule has 1 saturated carbocycles. The van der Waals surface area contributed by atoms with Crippen LogP contribution in [0.4, 0.5) is 13.2 Å². The lowest BCUT2D eigenvalue weighted by molar-refractivity contribution is 0.491. The van der Waals surface area contributed by atoms with Crippen molar-refractivity contribution in [1.82, 2.24) is 9.78 Å². The molecule has 1 aliphatic rings. The van der Waals surface area contributed by atoms with Crippen LogP contribution in [-0.2, 0) is 0 Å². The van der Waals surface area contributed by atoms with Crippen LogP contribution in [0.3, 0.4) is 0 Å². The summed E-state index contributed by atoms with van der Waals surface area (Å²) in [7, 11) is 0. The summed E-state index contributed by atoms with van der Waals surface area (Å²) < 4.78 is 40.9. The summed E-state index contributed by atoms with van der Waals surface area (Å²) in [4.78, 5) is 0. The van der Waals surface area contributed by atoms with E-state index in [4.69, 9.17) is 16.9 Å². The van der Waals surface area contributed by atoms with Gasteiger partial charge in [-0.05, 0) is 12.8 Å². The van der Waals surface area contributed by atoms with Crippen LogP contribution in [-0.4, -0.2) is 9.78 Å². The van der Waals surface area contributed by atoms with E-state index in [1.807, 2.05) is 6.07 Å². The van der Waals surface area contributed by atoms with E-state index in [0.717, 1.165) is 17.5 Å². The highest BCUT2D eigenvalue weighted by molar-refractivity contribution is 6.31. The number of nitrogens with zero attached hydrogens (tertiary/aromatic N) is 3. The first-order chi connectivity index (χ1) is 9.52. The molecule has 20 heavy (non-hydrogen) atoms. The Labute approximate surface area is 117 Å². The third-order valence-electron chi connectivity index (χ3n) is 3.15. The maximum absolute atomic E-state index is 13.7. The third kappa shape index (κ3) is 1.95. The Morgan fingerprint density at radius 3 is 2.45 bits per heavy atom. The minimum atomic E-state index is -1.29. The second-order valence-electron chi connectivity index (χ2n) is 4.57. The van der Waals surface area contributed by atoms with Gasteiger partial charge in [-0.2, -0.15) is 10.4 Å². The van der Waals surface area contributed by atoms with Crippen LogP contribution >= 0.6 is 11.6 Å². The normalized spacial score (nSPS) is 14.3. The molecule has 0 bridgehead atoms. The molecule has 0 N–H and O–H groups in total. The van der Waals surface area contributed by atoms with Crippen LogP contribution in [0.1, 0.15) is 30.0 Å². The van der Waals surface area contributed by atoms with Gasteiger partial charge >= 0.3 is 0 Å². The van der Waals surface area contributed by atoms with Gasteiger partial charge in [0.15, 0.2) is 22.6 Å². The summed E-state index contributed by atoms with van der Waals surface area (Å²) in [5, 5.41) is 13.1. The second kappa shape index (κ2) is 4.53. The Morgan fingerprint density at radius 2 is 1.85 bits per heavy atom. The first-order valence-electron chi connectivity index (χ1n) is 5.86. The van der Waals surface area contributed by atoms with Crippen LogP contribution in [0, 0.1) is 28.8 Å². The minimum Gasteiger partial charge on any atom is -0.217 e. The number of rotatable bonds is 2. The van der Waals surface area contributed by atoms with Gasteiger partial charge < -0.3 is 0 Å². The first-order valence-corrected chi connectivity index (χ1v) is 6.24. The molecule has 7 heteroatoms. The van der Waals surface area contributed by atoms with Gasteiger partial charge in [-0.15, -0.1) is 0 Å².